The lowest BCUT2D eigenvalue weighted by Crippen LogP contribution is -2.06. The zero-order valence-corrected chi connectivity index (χ0v) is 13.0. The third kappa shape index (κ3) is 3.58. The Morgan fingerprint density at radius 3 is 2.30 bits per heavy atom. The molecule has 2 aromatic heterocycles. The van der Waals surface area contributed by atoms with Crippen molar-refractivity contribution in [2.45, 2.75) is 45.2 Å². The summed E-state index contributed by atoms with van der Waals surface area (Å²) >= 11 is 2.25. The molecule has 110 valence electrons. The summed E-state index contributed by atoms with van der Waals surface area (Å²) in [7, 11) is 0. The van der Waals surface area contributed by atoms with Gasteiger partial charge in [0.2, 0.25) is 0 Å². The van der Waals surface area contributed by atoms with Crippen molar-refractivity contribution < 1.29 is 13.2 Å². The average Bonchev–Trinajstić information content (AvgIpc) is 2.95. The summed E-state index contributed by atoms with van der Waals surface area (Å²) in [5.41, 5.74) is 1.41. The lowest BCUT2D eigenvalue weighted by Gasteiger charge is -2.06. The van der Waals surface area contributed by atoms with Gasteiger partial charge in [-0.25, -0.2) is 9.97 Å². The van der Waals surface area contributed by atoms with Crippen LogP contribution in [0, 0.1) is 0 Å². The van der Waals surface area contributed by atoms with Crippen molar-refractivity contribution in [1.82, 2.24) is 9.97 Å². The number of halogens is 3. The Hall–Kier alpha value is -0.950. The first-order chi connectivity index (χ1) is 9.27. The first-order valence-electron chi connectivity index (χ1n) is 6.24. The molecule has 0 spiro atoms. The second-order valence-electron chi connectivity index (χ2n) is 5.01. The smallest absolute Gasteiger partial charge is 0.246 e. The molecule has 7 heteroatoms. The molecule has 1 atom stereocenters. The van der Waals surface area contributed by atoms with Gasteiger partial charge in [0.1, 0.15) is 0 Å². The summed E-state index contributed by atoms with van der Waals surface area (Å²) in [5.74, 6) is 0.310. The van der Waals surface area contributed by atoms with Crippen LogP contribution < -0.4 is 0 Å². The fourth-order valence-corrected chi connectivity index (χ4v) is 3.40. The highest BCUT2D eigenvalue weighted by Crippen LogP contribution is 2.34. The number of alkyl halides is 3. The fourth-order valence-electron chi connectivity index (χ4n) is 1.74. The van der Waals surface area contributed by atoms with E-state index in [9.17, 15) is 13.2 Å². The van der Waals surface area contributed by atoms with E-state index in [1.807, 2.05) is 12.3 Å². The largest absolute Gasteiger partial charge is 0.443 e. The summed E-state index contributed by atoms with van der Waals surface area (Å²) in [4.78, 5) is 8.19. The van der Waals surface area contributed by atoms with Crippen LogP contribution in [0.4, 0.5) is 13.2 Å². The van der Waals surface area contributed by atoms with Crippen LogP contribution in [0.2, 0.25) is 0 Å². The highest BCUT2D eigenvalue weighted by atomic mass is 32.1. The molecule has 0 saturated heterocycles. The number of rotatable bonds is 4. The van der Waals surface area contributed by atoms with E-state index in [-0.39, 0.29) is 5.92 Å². The standard InChI is InChI=1S/C13H15F3N2S2/c1-7(2)11-17-9(5-19-11)4-8(3)10-6-20-12(18-10)13(14,15)16/h5-8H,4H2,1-3H3. The predicted octanol–water partition coefficient (Wildman–Crippen LogP) is 5.09. The lowest BCUT2D eigenvalue weighted by atomic mass is 10.0. The highest BCUT2D eigenvalue weighted by molar-refractivity contribution is 7.10. The maximum absolute atomic E-state index is 12.5. The highest BCUT2D eigenvalue weighted by Gasteiger charge is 2.35. The second kappa shape index (κ2) is 5.81. The van der Waals surface area contributed by atoms with Gasteiger partial charge in [0.15, 0.2) is 5.01 Å². The zero-order chi connectivity index (χ0) is 14.9. The molecular weight excluding hydrogens is 305 g/mol. The van der Waals surface area contributed by atoms with E-state index >= 15 is 0 Å². The number of aromatic nitrogens is 2. The molecule has 0 saturated carbocycles. The Balaban J connectivity index is 2.07. The molecule has 0 aliphatic carbocycles. The number of hydrogen-bond acceptors (Lipinski definition) is 4. The monoisotopic (exact) mass is 320 g/mol. The van der Waals surface area contributed by atoms with E-state index < -0.39 is 11.2 Å². The molecular formula is C13H15F3N2S2. The van der Waals surface area contributed by atoms with Gasteiger partial charge >= 0.3 is 6.18 Å². The lowest BCUT2D eigenvalue weighted by molar-refractivity contribution is -0.137. The maximum Gasteiger partial charge on any atom is 0.443 e. The Morgan fingerprint density at radius 1 is 1.10 bits per heavy atom. The SMILES string of the molecule is CC(C)c1nc(CC(C)c2csc(C(F)(F)F)n2)cs1. The molecule has 2 nitrogen and oxygen atoms in total. The number of hydrogen-bond donors (Lipinski definition) is 0. The minimum atomic E-state index is -4.35. The van der Waals surface area contributed by atoms with Crippen molar-refractivity contribution in [3.63, 3.8) is 0 Å². The Kier molecular flexibility index (Phi) is 4.49. The van der Waals surface area contributed by atoms with Gasteiger partial charge < -0.3 is 0 Å². The number of thiazole rings is 2. The van der Waals surface area contributed by atoms with Crippen LogP contribution >= 0.6 is 22.7 Å². The Bertz CT molecular complexity index is 572. The summed E-state index contributed by atoms with van der Waals surface area (Å²) < 4.78 is 37.6. The quantitative estimate of drug-likeness (QED) is 0.784. The van der Waals surface area contributed by atoms with E-state index in [1.54, 1.807) is 11.3 Å². The van der Waals surface area contributed by atoms with Crippen molar-refractivity contribution in [3.05, 3.63) is 32.2 Å². The predicted molar refractivity (Wildman–Crippen MR) is 75.4 cm³/mol. The van der Waals surface area contributed by atoms with Crippen LogP contribution in [0.1, 0.15) is 54.0 Å². The van der Waals surface area contributed by atoms with Gasteiger partial charge in [-0.1, -0.05) is 20.8 Å². The summed E-state index contributed by atoms with van der Waals surface area (Å²) in [6.45, 7) is 6.02. The third-order valence-corrected chi connectivity index (χ3v) is 4.95. The maximum atomic E-state index is 12.5. The Morgan fingerprint density at radius 2 is 1.80 bits per heavy atom. The minimum absolute atomic E-state index is 0.0653. The fraction of sp³-hybridized carbons (Fsp3) is 0.538. The van der Waals surface area contributed by atoms with E-state index in [0.29, 0.717) is 29.4 Å². The topological polar surface area (TPSA) is 25.8 Å². The molecule has 0 aliphatic heterocycles. The van der Waals surface area contributed by atoms with Gasteiger partial charge in [-0.3, -0.25) is 0 Å². The van der Waals surface area contributed by atoms with E-state index in [2.05, 4.69) is 23.8 Å². The molecule has 0 amide bonds. The van der Waals surface area contributed by atoms with Crippen LogP contribution in [0.25, 0.3) is 0 Å². The van der Waals surface area contributed by atoms with Crippen LogP contribution in [-0.2, 0) is 12.6 Å². The van der Waals surface area contributed by atoms with E-state index in [1.165, 1.54) is 5.38 Å². The molecule has 0 radical (unpaired) electrons. The molecule has 2 heterocycles. The van der Waals surface area contributed by atoms with E-state index in [0.717, 1.165) is 10.7 Å². The number of nitrogens with zero attached hydrogens (tertiary/aromatic N) is 2. The van der Waals surface area contributed by atoms with Crippen LogP contribution in [0.15, 0.2) is 10.8 Å². The van der Waals surface area contributed by atoms with Crippen molar-refractivity contribution in [1.29, 1.82) is 0 Å². The van der Waals surface area contributed by atoms with Gasteiger partial charge in [-0.05, 0) is 6.42 Å². The molecule has 0 fully saturated rings. The summed E-state index contributed by atoms with van der Waals surface area (Å²) in [6.07, 6.45) is -3.74. The molecule has 0 aromatic carbocycles. The molecule has 20 heavy (non-hydrogen) atoms. The zero-order valence-electron chi connectivity index (χ0n) is 11.4. The van der Waals surface area contributed by atoms with Gasteiger partial charge in [0, 0.05) is 22.6 Å². The summed E-state index contributed by atoms with van der Waals surface area (Å²) in [6, 6.07) is 0. The van der Waals surface area contributed by atoms with Crippen molar-refractivity contribution in [3.8, 4) is 0 Å². The first kappa shape index (κ1) is 15.4. The van der Waals surface area contributed by atoms with Gasteiger partial charge in [0.25, 0.3) is 0 Å². The normalized spacial score (nSPS) is 13.9. The molecule has 2 rings (SSSR count). The minimum Gasteiger partial charge on any atom is -0.246 e. The molecule has 0 bridgehead atoms. The van der Waals surface area contributed by atoms with Gasteiger partial charge in [0.05, 0.1) is 16.4 Å². The van der Waals surface area contributed by atoms with E-state index in [4.69, 9.17) is 0 Å². The molecule has 2 aromatic rings. The van der Waals surface area contributed by atoms with Crippen molar-refractivity contribution in [2.75, 3.05) is 0 Å². The van der Waals surface area contributed by atoms with Crippen molar-refractivity contribution in [2.24, 2.45) is 0 Å². The van der Waals surface area contributed by atoms with Crippen molar-refractivity contribution >= 4 is 22.7 Å². The molecule has 0 N–H and O–H groups in total. The van der Waals surface area contributed by atoms with Crippen LogP contribution in [0.3, 0.4) is 0 Å². The first-order valence-corrected chi connectivity index (χ1v) is 8.00. The Labute approximate surface area is 123 Å². The van der Waals surface area contributed by atoms with Gasteiger partial charge in [-0.2, -0.15) is 13.2 Å². The van der Waals surface area contributed by atoms with Crippen LogP contribution in [-0.4, -0.2) is 9.97 Å². The van der Waals surface area contributed by atoms with Gasteiger partial charge in [-0.15, -0.1) is 22.7 Å². The van der Waals surface area contributed by atoms with Crippen LogP contribution in [0.5, 0.6) is 0 Å². The summed E-state index contributed by atoms with van der Waals surface area (Å²) in [5, 5.41) is 3.74. The molecule has 1 unspecified atom stereocenters. The third-order valence-electron chi connectivity index (χ3n) is 2.85. The molecule has 0 aliphatic rings. The average molecular weight is 320 g/mol. The second-order valence-corrected chi connectivity index (χ2v) is 6.76.